The third-order valence-corrected chi connectivity index (χ3v) is 6.66. The summed E-state index contributed by atoms with van der Waals surface area (Å²) in [6.45, 7) is 5.38. The minimum absolute atomic E-state index is 0.148. The van der Waals surface area contributed by atoms with Crippen molar-refractivity contribution in [3.8, 4) is 28.7 Å². The quantitative estimate of drug-likeness (QED) is 0.326. The lowest BCUT2D eigenvalue weighted by Gasteiger charge is -2.29. The molecule has 1 fully saturated rings. The summed E-state index contributed by atoms with van der Waals surface area (Å²) in [7, 11) is 0. The van der Waals surface area contributed by atoms with Crippen LogP contribution in [0.5, 0.6) is 5.75 Å². The van der Waals surface area contributed by atoms with Gasteiger partial charge in [0, 0.05) is 36.2 Å². The minimum atomic E-state index is -4.76. The van der Waals surface area contributed by atoms with Crippen LogP contribution >= 0.6 is 0 Å². The molecule has 4 heterocycles. The van der Waals surface area contributed by atoms with Gasteiger partial charge < -0.3 is 19.3 Å². The predicted molar refractivity (Wildman–Crippen MR) is 136 cm³/mol. The summed E-state index contributed by atoms with van der Waals surface area (Å²) in [4.78, 5) is 11.4. The van der Waals surface area contributed by atoms with Gasteiger partial charge in [0.05, 0.1) is 12.6 Å². The van der Waals surface area contributed by atoms with Crippen molar-refractivity contribution in [2.24, 2.45) is 0 Å². The molecule has 5 rings (SSSR count). The first kappa shape index (κ1) is 26.8. The first-order chi connectivity index (χ1) is 18.7. The Hall–Kier alpha value is -3.77. The second-order valence-electron chi connectivity index (χ2n) is 9.66. The molecule has 9 nitrogen and oxygen atoms in total. The van der Waals surface area contributed by atoms with Gasteiger partial charge in [-0.15, -0.1) is 13.2 Å². The van der Waals surface area contributed by atoms with Crippen LogP contribution in [0.15, 0.2) is 53.2 Å². The van der Waals surface area contributed by atoms with E-state index in [-0.39, 0.29) is 23.6 Å². The number of pyridine rings is 1. The topological polar surface area (TPSA) is 102 Å². The van der Waals surface area contributed by atoms with Gasteiger partial charge in [0.25, 0.3) is 5.89 Å². The number of ether oxygens (including phenoxy) is 1. The van der Waals surface area contributed by atoms with E-state index in [9.17, 15) is 18.3 Å². The zero-order valence-electron chi connectivity index (χ0n) is 21.4. The van der Waals surface area contributed by atoms with Gasteiger partial charge >= 0.3 is 6.36 Å². The largest absolute Gasteiger partial charge is 0.573 e. The van der Waals surface area contributed by atoms with Gasteiger partial charge in [0.1, 0.15) is 5.75 Å². The number of benzene rings is 1. The Morgan fingerprint density at radius 1 is 1.10 bits per heavy atom. The van der Waals surface area contributed by atoms with Crippen LogP contribution in [-0.2, 0) is 13.0 Å². The molecule has 0 atom stereocenters. The Balaban J connectivity index is 1.17. The Labute approximate surface area is 223 Å². The Kier molecular flexibility index (Phi) is 7.94. The Morgan fingerprint density at radius 2 is 1.87 bits per heavy atom. The molecule has 206 valence electrons. The van der Waals surface area contributed by atoms with Gasteiger partial charge in [0.15, 0.2) is 5.69 Å². The van der Waals surface area contributed by atoms with E-state index in [1.54, 1.807) is 0 Å². The molecule has 1 aliphatic rings. The smallest absolute Gasteiger partial charge is 0.406 e. The van der Waals surface area contributed by atoms with Crippen molar-refractivity contribution in [3.63, 3.8) is 0 Å². The standard InChI is InChI=1S/C27H29F3N6O3/c1-18-15-24(26-32-25(34-39-26)20-5-8-23(9-6-20)38-27(28,29)30)33-36(18)17-19-4-7-21(31-16-19)3-2-12-35-13-10-22(37)11-14-35/h4-9,15-16,22,37H,2-3,10-14,17H2,1H3. The molecular weight excluding hydrogens is 513 g/mol. The lowest BCUT2D eigenvalue weighted by molar-refractivity contribution is -0.274. The molecule has 0 aliphatic carbocycles. The van der Waals surface area contributed by atoms with Gasteiger partial charge in [-0.3, -0.25) is 9.67 Å². The SMILES string of the molecule is Cc1cc(-c2nc(-c3ccc(OC(F)(F)F)cc3)no2)nn1Cc1ccc(CCCN2CCC(O)CC2)nc1. The maximum absolute atomic E-state index is 12.4. The van der Waals surface area contributed by atoms with E-state index in [1.165, 1.54) is 24.3 Å². The normalized spacial score (nSPS) is 15.1. The van der Waals surface area contributed by atoms with Crippen LogP contribution in [0.25, 0.3) is 23.0 Å². The van der Waals surface area contributed by atoms with Crippen molar-refractivity contribution < 1.29 is 27.5 Å². The second kappa shape index (κ2) is 11.5. The van der Waals surface area contributed by atoms with Crippen LogP contribution in [0.3, 0.4) is 0 Å². The number of aliphatic hydroxyl groups excluding tert-OH is 1. The number of aryl methyl sites for hydroxylation is 2. The van der Waals surface area contributed by atoms with Gasteiger partial charge in [-0.25, -0.2) is 0 Å². The fraction of sp³-hybridized carbons (Fsp3) is 0.407. The number of aromatic nitrogens is 5. The van der Waals surface area contributed by atoms with Crippen molar-refractivity contribution >= 4 is 0 Å². The van der Waals surface area contributed by atoms with E-state index in [1.807, 2.05) is 29.9 Å². The molecule has 1 aliphatic heterocycles. The maximum atomic E-state index is 12.4. The zero-order chi connectivity index (χ0) is 27.4. The third-order valence-electron chi connectivity index (χ3n) is 6.66. The molecule has 0 saturated carbocycles. The average molecular weight is 543 g/mol. The molecule has 1 N–H and O–H groups in total. The molecule has 3 aromatic heterocycles. The molecule has 1 saturated heterocycles. The van der Waals surface area contributed by atoms with E-state index in [4.69, 9.17) is 4.52 Å². The molecule has 0 spiro atoms. The number of nitrogens with zero attached hydrogens (tertiary/aromatic N) is 6. The van der Waals surface area contributed by atoms with Crippen LogP contribution in [0.1, 0.15) is 36.2 Å². The lowest BCUT2D eigenvalue weighted by Crippen LogP contribution is -2.36. The first-order valence-corrected chi connectivity index (χ1v) is 12.8. The van der Waals surface area contributed by atoms with E-state index >= 15 is 0 Å². The maximum Gasteiger partial charge on any atom is 0.573 e. The molecule has 12 heteroatoms. The number of hydrogen-bond acceptors (Lipinski definition) is 8. The predicted octanol–water partition coefficient (Wildman–Crippen LogP) is 4.64. The second-order valence-corrected chi connectivity index (χ2v) is 9.66. The summed E-state index contributed by atoms with van der Waals surface area (Å²) in [5.74, 6) is 0.110. The monoisotopic (exact) mass is 542 g/mol. The Morgan fingerprint density at radius 3 is 2.56 bits per heavy atom. The van der Waals surface area contributed by atoms with Crippen molar-refractivity contribution in [1.82, 2.24) is 29.8 Å². The summed E-state index contributed by atoms with van der Waals surface area (Å²) >= 11 is 0. The number of aliphatic hydroxyl groups is 1. The number of likely N-dealkylation sites (tertiary alicyclic amines) is 1. The molecule has 1 aromatic carbocycles. The minimum Gasteiger partial charge on any atom is -0.406 e. The van der Waals surface area contributed by atoms with Crippen molar-refractivity contribution in [2.75, 3.05) is 19.6 Å². The molecular formula is C27H29F3N6O3. The fourth-order valence-corrected chi connectivity index (χ4v) is 4.52. The highest BCUT2D eigenvalue weighted by atomic mass is 19.4. The zero-order valence-corrected chi connectivity index (χ0v) is 21.4. The van der Waals surface area contributed by atoms with Gasteiger partial charge in [-0.05, 0) is 81.1 Å². The van der Waals surface area contributed by atoms with Crippen LogP contribution in [0, 0.1) is 6.92 Å². The molecule has 0 radical (unpaired) electrons. The lowest BCUT2D eigenvalue weighted by atomic mass is 10.1. The highest BCUT2D eigenvalue weighted by Crippen LogP contribution is 2.27. The summed E-state index contributed by atoms with van der Waals surface area (Å²) < 4.78 is 48.2. The summed E-state index contributed by atoms with van der Waals surface area (Å²) in [5.41, 5.74) is 3.93. The first-order valence-electron chi connectivity index (χ1n) is 12.8. The number of piperidine rings is 1. The van der Waals surface area contributed by atoms with Crippen molar-refractivity contribution in [2.45, 2.75) is 51.6 Å². The average Bonchev–Trinajstić information content (AvgIpc) is 3.53. The summed E-state index contributed by atoms with van der Waals surface area (Å²) in [6, 6.07) is 11.2. The van der Waals surface area contributed by atoms with Crippen molar-refractivity contribution in [1.29, 1.82) is 0 Å². The fourth-order valence-electron chi connectivity index (χ4n) is 4.52. The van der Waals surface area contributed by atoms with Gasteiger partial charge in [0.2, 0.25) is 5.82 Å². The van der Waals surface area contributed by atoms with Crippen LogP contribution in [0.2, 0.25) is 0 Å². The summed E-state index contributed by atoms with van der Waals surface area (Å²) in [6.07, 6.45) is 0.605. The van der Waals surface area contributed by atoms with Crippen molar-refractivity contribution in [3.05, 3.63) is 65.6 Å². The molecule has 4 aromatic rings. The van der Waals surface area contributed by atoms with Gasteiger partial charge in [-0.1, -0.05) is 11.2 Å². The third kappa shape index (κ3) is 7.21. The van der Waals surface area contributed by atoms with E-state index < -0.39 is 6.36 Å². The van der Waals surface area contributed by atoms with E-state index in [0.29, 0.717) is 17.8 Å². The molecule has 39 heavy (non-hydrogen) atoms. The number of halogens is 3. The molecule has 0 bridgehead atoms. The van der Waals surface area contributed by atoms with Crippen LogP contribution in [-0.4, -0.2) is 67.0 Å². The van der Waals surface area contributed by atoms with Crippen LogP contribution < -0.4 is 4.74 Å². The Bertz CT molecular complexity index is 1360. The van der Waals surface area contributed by atoms with E-state index in [0.717, 1.165) is 62.3 Å². The molecule has 0 amide bonds. The summed E-state index contributed by atoms with van der Waals surface area (Å²) in [5, 5.41) is 18.2. The highest BCUT2D eigenvalue weighted by Gasteiger charge is 2.31. The van der Waals surface area contributed by atoms with Gasteiger partial charge in [-0.2, -0.15) is 10.1 Å². The number of alkyl halides is 3. The van der Waals surface area contributed by atoms with Crippen LogP contribution in [0.4, 0.5) is 13.2 Å². The highest BCUT2D eigenvalue weighted by molar-refractivity contribution is 5.58. The van der Waals surface area contributed by atoms with E-state index in [2.05, 4.69) is 35.9 Å². The molecule has 0 unspecified atom stereocenters. The number of hydrogen-bond donors (Lipinski definition) is 1. The number of rotatable bonds is 9.